The van der Waals surface area contributed by atoms with Crippen LogP contribution in [0.15, 0.2) is 0 Å². The molecule has 4 unspecified atom stereocenters. The summed E-state index contributed by atoms with van der Waals surface area (Å²) in [4.78, 5) is 24.1. The number of carbonyl (C=O) groups is 2. The van der Waals surface area contributed by atoms with Gasteiger partial charge in [0.2, 0.25) is 5.91 Å². The number of fused-ring (bicyclic) bond motifs is 1. The SMILES string of the molecule is CCC1SC2CC(=O)N2C(C(=O)O)C1C. The average Bonchev–Trinajstić information content (AvgIpc) is 2.18. The van der Waals surface area contributed by atoms with Crippen molar-refractivity contribution >= 4 is 23.6 Å². The highest BCUT2D eigenvalue weighted by Crippen LogP contribution is 2.45. The summed E-state index contributed by atoms with van der Waals surface area (Å²) in [6, 6.07) is -0.609. The minimum absolute atomic E-state index is 0.0127. The van der Waals surface area contributed by atoms with E-state index in [2.05, 4.69) is 6.92 Å². The predicted molar refractivity (Wildman–Crippen MR) is 57.5 cm³/mol. The van der Waals surface area contributed by atoms with Crippen LogP contribution >= 0.6 is 11.8 Å². The van der Waals surface area contributed by atoms with Gasteiger partial charge in [-0.3, -0.25) is 4.79 Å². The van der Waals surface area contributed by atoms with Gasteiger partial charge in [-0.2, -0.15) is 0 Å². The Morgan fingerprint density at radius 2 is 2.33 bits per heavy atom. The fourth-order valence-electron chi connectivity index (χ4n) is 2.44. The Bertz CT molecular complexity index is 307. The third kappa shape index (κ3) is 1.53. The maximum atomic E-state index is 11.4. The fraction of sp³-hybridized carbons (Fsp3) is 0.800. The van der Waals surface area contributed by atoms with Gasteiger partial charge in [-0.1, -0.05) is 13.8 Å². The van der Waals surface area contributed by atoms with E-state index in [0.717, 1.165) is 6.42 Å². The zero-order chi connectivity index (χ0) is 11.2. The van der Waals surface area contributed by atoms with Crippen molar-refractivity contribution in [1.82, 2.24) is 4.90 Å². The molecule has 4 atom stereocenters. The summed E-state index contributed by atoms with van der Waals surface area (Å²) in [6.45, 7) is 4.00. The summed E-state index contributed by atoms with van der Waals surface area (Å²) in [7, 11) is 0. The maximum absolute atomic E-state index is 11.4. The minimum atomic E-state index is -0.862. The van der Waals surface area contributed by atoms with Crippen molar-refractivity contribution in [3.63, 3.8) is 0 Å². The molecule has 2 heterocycles. The Kier molecular flexibility index (Phi) is 2.66. The largest absolute Gasteiger partial charge is 0.480 e. The molecule has 0 aromatic heterocycles. The first-order chi connectivity index (χ1) is 7.06. The summed E-state index contributed by atoms with van der Waals surface area (Å²) >= 11 is 1.76. The first kappa shape index (κ1) is 10.8. The van der Waals surface area contributed by atoms with Crippen LogP contribution in [0.1, 0.15) is 26.7 Å². The topological polar surface area (TPSA) is 57.6 Å². The number of thioether (sulfide) groups is 1. The Balaban J connectivity index is 2.22. The second kappa shape index (κ2) is 3.70. The third-order valence-electron chi connectivity index (χ3n) is 3.32. The highest BCUT2D eigenvalue weighted by atomic mass is 32.2. The lowest BCUT2D eigenvalue weighted by molar-refractivity contribution is -0.161. The molecule has 2 aliphatic heterocycles. The van der Waals surface area contributed by atoms with Gasteiger partial charge in [-0.15, -0.1) is 11.8 Å². The Morgan fingerprint density at radius 1 is 1.67 bits per heavy atom. The van der Waals surface area contributed by atoms with E-state index in [-0.39, 0.29) is 17.2 Å². The highest BCUT2D eigenvalue weighted by Gasteiger charge is 2.52. The number of hydrogen-bond acceptors (Lipinski definition) is 3. The lowest BCUT2D eigenvalue weighted by Gasteiger charge is -2.52. The predicted octanol–water partition coefficient (Wildman–Crippen LogP) is 1.16. The Labute approximate surface area is 93.0 Å². The van der Waals surface area contributed by atoms with Crippen LogP contribution in [0.4, 0.5) is 0 Å². The van der Waals surface area contributed by atoms with Gasteiger partial charge in [0.1, 0.15) is 6.04 Å². The second-order valence-electron chi connectivity index (χ2n) is 4.18. The van der Waals surface area contributed by atoms with Gasteiger partial charge >= 0.3 is 5.97 Å². The number of nitrogens with zero attached hydrogens (tertiary/aromatic N) is 1. The van der Waals surface area contributed by atoms with Gasteiger partial charge in [-0.05, 0) is 12.3 Å². The van der Waals surface area contributed by atoms with Crippen LogP contribution in [-0.4, -0.2) is 38.5 Å². The molecule has 15 heavy (non-hydrogen) atoms. The number of carboxylic acid groups (broad SMARTS) is 1. The molecule has 0 aromatic carbocycles. The lowest BCUT2D eigenvalue weighted by Crippen LogP contribution is -2.65. The van der Waals surface area contributed by atoms with E-state index in [4.69, 9.17) is 5.11 Å². The van der Waals surface area contributed by atoms with Crippen LogP contribution in [0.25, 0.3) is 0 Å². The van der Waals surface area contributed by atoms with Gasteiger partial charge < -0.3 is 10.0 Å². The average molecular weight is 229 g/mol. The number of rotatable bonds is 2. The number of amides is 1. The van der Waals surface area contributed by atoms with Crippen LogP contribution in [0.5, 0.6) is 0 Å². The van der Waals surface area contributed by atoms with Gasteiger partial charge in [0, 0.05) is 5.25 Å². The Hall–Kier alpha value is -0.710. The summed E-state index contributed by atoms with van der Waals surface area (Å²) in [5.74, 6) is -0.835. The molecule has 5 heteroatoms. The van der Waals surface area contributed by atoms with E-state index in [1.54, 1.807) is 16.7 Å². The number of β-lactam (4-membered cyclic amide) rings is 1. The van der Waals surface area contributed by atoms with Gasteiger partial charge in [0.25, 0.3) is 0 Å². The molecule has 2 rings (SSSR count). The maximum Gasteiger partial charge on any atom is 0.326 e. The second-order valence-corrected chi connectivity index (χ2v) is 5.61. The van der Waals surface area contributed by atoms with Gasteiger partial charge in [0.15, 0.2) is 0 Å². The molecule has 1 amide bonds. The Morgan fingerprint density at radius 3 is 2.80 bits per heavy atom. The quantitative estimate of drug-likeness (QED) is 0.722. The summed E-state index contributed by atoms with van der Waals surface area (Å²) < 4.78 is 0. The molecular formula is C10H15NO3S. The van der Waals surface area contributed by atoms with E-state index < -0.39 is 12.0 Å². The molecule has 84 valence electrons. The van der Waals surface area contributed by atoms with Crippen LogP contribution in [0.3, 0.4) is 0 Å². The monoisotopic (exact) mass is 229 g/mol. The summed E-state index contributed by atoms with van der Waals surface area (Å²) in [5.41, 5.74) is 0. The molecule has 0 spiro atoms. The van der Waals surface area contributed by atoms with E-state index in [9.17, 15) is 9.59 Å². The fourth-order valence-corrected chi connectivity index (χ4v) is 4.05. The van der Waals surface area contributed by atoms with Crippen molar-refractivity contribution in [2.75, 3.05) is 0 Å². The summed E-state index contributed by atoms with van der Waals surface area (Å²) in [5, 5.41) is 9.63. The van der Waals surface area contributed by atoms with Crippen LogP contribution in [0.2, 0.25) is 0 Å². The smallest absolute Gasteiger partial charge is 0.326 e. The van der Waals surface area contributed by atoms with Gasteiger partial charge in [-0.25, -0.2) is 4.79 Å². The van der Waals surface area contributed by atoms with E-state index >= 15 is 0 Å². The van der Waals surface area contributed by atoms with Crippen LogP contribution < -0.4 is 0 Å². The molecule has 1 N–H and O–H groups in total. The van der Waals surface area contributed by atoms with E-state index in [1.165, 1.54) is 0 Å². The van der Waals surface area contributed by atoms with Crippen LogP contribution in [0, 0.1) is 5.92 Å². The third-order valence-corrected chi connectivity index (χ3v) is 5.14. The van der Waals surface area contributed by atoms with Crippen molar-refractivity contribution in [3.8, 4) is 0 Å². The molecule has 0 aliphatic carbocycles. The molecule has 2 saturated heterocycles. The van der Waals surface area contributed by atoms with Gasteiger partial charge in [0.05, 0.1) is 11.8 Å². The standard InChI is InChI=1S/C10H15NO3S/c1-3-6-5(2)9(10(13)14)11-7(12)4-8(11)15-6/h5-6,8-9H,3-4H2,1-2H3,(H,13,14). The first-order valence-electron chi connectivity index (χ1n) is 5.25. The number of carbonyl (C=O) groups excluding carboxylic acids is 1. The molecule has 2 aliphatic rings. The highest BCUT2D eigenvalue weighted by molar-refractivity contribution is 8.00. The molecule has 0 saturated carbocycles. The van der Waals surface area contributed by atoms with Crippen molar-refractivity contribution in [1.29, 1.82) is 0 Å². The normalized spacial score (nSPS) is 39.6. The molecule has 4 nitrogen and oxygen atoms in total. The molecular weight excluding hydrogens is 214 g/mol. The van der Waals surface area contributed by atoms with E-state index in [1.807, 2.05) is 6.92 Å². The van der Waals surface area contributed by atoms with Crippen molar-refractivity contribution in [2.24, 2.45) is 5.92 Å². The molecule has 0 aromatic rings. The van der Waals surface area contributed by atoms with Crippen molar-refractivity contribution in [3.05, 3.63) is 0 Å². The molecule has 0 bridgehead atoms. The minimum Gasteiger partial charge on any atom is -0.480 e. The number of aliphatic carboxylic acids is 1. The summed E-state index contributed by atoms with van der Waals surface area (Å²) in [6.07, 6.45) is 1.48. The van der Waals surface area contributed by atoms with E-state index in [0.29, 0.717) is 11.7 Å². The van der Waals surface area contributed by atoms with Crippen molar-refractivity contribution < 1.29 is 14.7 Å². The zero-order valence-electron chi connectivity index (χ0n) is 8.84. The number of carboxylic acids is 1. The zero-order valence-corrected chi connectivity index (χ0v) is 9.66. The first-order valence-corrected chi connectivity index (χ1v) is 6.20. The molecule has 2 fully saturated rings. The lowest BCUT2D eigenvalue weighted by atomic mass is 9.91. The van der Waals surface area contributed by atoms with Crippen molar-refractivity contribution in [2.45, 2.75) is 43.4 Å². The molecule has 0 radical (unpaired) electrons. The van der Waals surface area contributed by atoms with Crippen LogP contribution in [-0.2, 0) is 9.59 Å². The number of hydrogen-bond donors (Lipinski definition) is 1.